The van der Waals surface area contributed by atoms with Gasteiger partial charge in [-0.1, -0.05) is 0 Å². The number of carbonyl (C=O) groups is 1. The van der Waals surface area contributed by atoms with Gasteiger partial charge in [-0.3, -0.25) is 4.79 Å². The number of hydrogen-bond donors (Lipinski definition) is 1. The van der Waals surface area contributed by atoms with Crippen LogP contribution in [0, 0.1) is 0 Å². The Hall–Kier alpha value is -0.393. The first-order valence-electron chi connectivity index (χ1n) is 6.05. The molecule has 1 N–H and O–H groups in total. The molecule has 0 saturated carbocycles. The quantitative estimate of drug-likeness (QED) is 0.752. The fraction of sp³-hybridized carbons (Fsp3) is 0.909. The van der Waals surface area contributed by atoms with Crippen molar-refractivity contribution >= 4 is 14.2 Å². The van der Waals surface area contributed by atoms with Crippen molar-refractivity contribution in [2.24, 2.45) is 0 Å². The van der Waals surface area contributed by atoms with Gasteiger partial charge in [-0.25, -0.2) is 0 Å². The summed E-state index contributed by atoms with van der Waals surface area (Å²) in [7, 11) is -1.52. The molecule has 1 atom stereocenters. The molecule has 16 heavy (non-hydrogen) atoms. The van der Waals surface area contributed by atoms with Gasteiger partial charge in [0, 0.05) is 26.2 Å². The minimum absolute atomic E-state index is 0.0500. The predicted molar refractivity (Wildman–Crippen MR) is 68.0 cm³/mol. The average Bonchev–Trinajstić information content (AvgIpc) is 2.16. The molecule has 0 aromatic carbocycles. The van der Waals surface area contributed by atoms with Crippen molar-refractivity contribution in [3.63, 3.8) is 0 Å². The molecule has 1 unspecified atom stereocenters. The SMILES string of the molecule is CC(CC(=O)N1CCNCC1)O[Si](C)(C)C. The van der Waals surface area contributed by atoms with E-state index in [0.717, 1.165) is 26.2 Å². The largest absolute Gasteiger partial charge is 0.415 e. The number of hydrogen-bond acceptors (Lipinski definition) is 3. The molecule has 1 fully saturated rings. The van der Waals surface area contributed by atoms with Crippen LogP contribution in [-0.2, 0) is 9.22 Å². The summed E-state index contributed by atoms with van der Waals surface area (Å²) in [6.07, 6.45) is 0.568. The highest BCUT2D eigenvalue weighted by Crippen LogP contribution is 2.11. The molecule has 1 aliphatic heterocycles. The Morgan fingerprint density at radius 2 is 1.94 bits per heavy atom. The van der Waals surface area contributed by atoms with Crippen LogP contribution < -0.4 is 5.32 Å². The lowest BCUT2D eigenvalue weighted by molar-refractivity contribution is -0.133. The van der Waals surface area contributed by atoms with Gasteiger partial charge in [-0.05, 0) is 26.6 Å². The van der Waals surface area contributed by atoms with Gasteiger partial charge in [0.15, 0.2) is 8.32 Å². The minimum Gasteiger partial charge on any atom is -0.415 e. The van der Waals surface area contributed by atoms with Crippen molar-refractivity contribution in [1.29, 1.82) is 0 Å². The second-order valence-electron chi connectivity index (χ2n) is 5.38. The molecule has 0 aromatic rings. The predicted octanol–water partition coefficient (Wildman–Crippen LogP) is 1.05. The summed E-state index contributed by atoms with van der Waals surface area (Å²) in [6, 6.07) is 0. The van der Waals surface area contributed by atoms with Crippen LogP contribution in [-0.4, -0.2) is 51.4 Å². The molecule has 1 saturated heterocycles. The average molecular weight is 244 g/mol. The fourth-order valence-electron chi connectivity index (χ4n) is 1.93. The first-order valence-corrected chi connectivity index (χ1v) is 9.45. The van der Waals surface area contributed by atoms with Crippen molar-refractivity contribution in [1.82, 2.24) is 10.2 Å². The van der Waals surface area contributed by atoms with Crippen LogP contribution in [0.5, 0.6) is 0 Å². The van der Waals surface area contributed by atoms with Gasteiger partial charge < -0.3 is 14.6 Å². The first kappa shape index (κ1) is 13.7. The van der Waals surface area contributed by atoms with Gasteiger partial charge in [0.2, 0.25) is 5.91 Å². The van der Waals surface area contributed by atoms with Crippen molar-refractivity contribution in [3.8, 4) is 0 Å². The molecule has 1 rings (SSSR count). The molecule has 1 amide bonds. The maximum Gasteiger partial charge on any atom is 0.225 e. The Bertz CT molecular complexity index is 235. The lowest BCUT2D eigenvalue weighted by Gasteiger charge is -2.30. The number of nitrogens with one attached hydrogen (secondary N) is 1. The van der Waals surface area contributed by atoms with Gasteiger partial charge in [-0.15, -0.1) is 0 Å². The van der Waals surface area contributed by atoms with Crippen molar-refractivity contribution in [2.75, 3.05) is 26.2 Å². The van der Waals surface area contributed by atoms with Crippen LogP contribution in [0.1, 0.15) is 13.3 Å². The number of rotatable bonds is 4. The molecule has 0 radical (unpaired) electrons. The van der Waals surface area contributed by atoms with E-state index in [1.54, 1.807) is 0 Å². The summed E-state index contributed by atoms with van der Waals surface area (Å²) in [5, 5.41) is 3.24. The summed E-state index contributed by atoms with van der Waals surface area (Å²) in [6.45, 7) is 11.9. The van der Waals surface area contributed by atoms with E-state index in [2.05, 4.69) is 25.0 Å². The third-order valence-corrected chi connectivity index (χ3v) is 3.60. The number of amides is 1. The van der Waals surface area contributed by atoms with E-state index in [-0.39, 0.29) is 12.0 Å². The van der Waals surface area contributed by atoms with E-state index in [1.807, 2.05) is 11.8 Å². The molecule has 0 aliphatic carbocycles. The summed E-state index contributed by atoms with van der Waals surface area (Å²) in [4.78, 5) is 13.9. The highest BCUT2D eigenvalue weighted by molar-refractivity contribution is 6.69. The zero-order chi connectivity index (χ0) is 12.2. The Morgan fingerprint density at radius 3 is 2.44 bits per heavy atom. The zero-order valence-corrected chi connectivity index (χ0v) is 11.9. The second kappa shape index (κ2) is 5.79. The van der Waals surface area contributed by atoms with Crippen LogP contribution in [0.4, 0.5) is 0 Å². The topological polar surface area (TPSA) is 41.6 Å². The second-order valence-corrected chi connectivity index (χ2v) is 9.84. The standard InChI is InChI=1S/C11H24N2O2Si/c1-10(15-16(2,3)4)9-11(14)13-7-5-12-6-8-13/h10,12H,5-9H2,1-4H3. The Morgan fingerprint density at radius 1 is 1.38 bits per heavy atom. The van der Waals surface area contributed by atoms with Crippen LogP contribution in [0.25, 0.3) is 0 Å². The normalized spacial score (nSPS) is 19.6. The zero-order valence-electron chi connectivity index (χ0n) is 10.9. The maximum absolute atomic E-state index is 11.9. The fourth-order valence-corrected chi connectivity index (χ4v) is 3.22. The lowest BCUT2D eigenvalue weighted by atomic mass is 10.2. The number of piperazine rings is 1. The summed E-state index contributed by atoms with van der Waals surface area (Å²) >= 11 is 0. The highest BCUT2D eigenvalue weighted by Gasteiger charge is 2.23. The third kappa shape index (κ3) is 5.09. The summed E-state index contributed by atoms with van der Waals surface area (Å²) in [5.41, 5.74) is 0. The molecular weight excluding hydrogens is 220 g/mol. The van der Waals surface area contributed by atoms with Crippen molar-refractivity contribution in [3.05, 3.63) is 0 Å². The molecule has 94 valence electrons. The first-order chi connectivity index (χ1) is 7.38. The Kier molecular flexibility index (Phi) is 4.95. The monoisotopic (exact) mass is 244 g/mol. The van der Waals surface area contributed by atoms with E-state index in [9.17, 15) is 4.79 Å². The van der Waals surface area contributed by atoms with Gasteiger partial charge in [0.05, 0.1) is 12.5 Å². The molecule has 5 heteroatoms. The van der Waals surface area contributed by atoms with E-state index in [0.29, 0.717) is 6.42 Å². The molecule has 1 aliphatic rings. The lowest BCUT2D eigenvalue weighted by Crippen LogP contribution is -2.47. The van der Waals surface area contributed by atoms with Crippen LogP contribution >= 0.6 is 0 Å². The minimum atomic E-state index is -1.52. The van der Waals surface area contributed by atoms with Crippen LogP contribution in [0.3, 0.4) is 0 Å². The summed E-state index contributed by atoms with van der Waals surface area (Å²) in [5.74, 6) is 0.229. The Labute approximate surface area is 99.5 Å². The molecule has 0 aromatic heterocycles. The highest BCUT2D eigenvalue weighted by atomic mass is 28.4. The molecule has 0 spiro atoms. The molecule has 4 nitrogen and oxygen atoms in total. The van der Waals surface area contributed by atoms with E-state index < -0.39 is 8.32 Å². The van der Waals surface area contributed by atoms with Gasteiger partial charge >= 0.3 is 0 Å². The van der Waals surface area contributed by atoms with E-state index >= 15 is 0 Å². The smallest absolute Gasteiger partial charge is 0.225 e. The van der Waals surface area contributed by atoms with Crippen LogP contribution in [0.2, 0.25) is 19.6 Å². The van der Waals surface area contributed by atoms with Crippen molar-refractivity contribution in [2.45, 2.75) is 39.1 Å². The Balaban J connectivity index is 2.32. The molecule has 1 heterocycles. The molecule has 0 bridgehead atoms. The van der Waals surface area contributed by atoms with Gasteiger partial charge in [0.25, 0.3) is 0 Å². The van der Waals surface area contributed by atoms with Gasteiger partial charge in [-0.2, -0.15) is 0 Å². The summed E-state index contributed by atoms with van der Waals surface area (Å²) < 4.78 is 5.87. The molecular formula is C11H24N2O2Si. The van der Waals surface area contributed by atoms with Crippen molar-refractivity contribution < 1.29 is 9.22 Å². The third-order valence-electron chi connectivity index (χ3n) is 2.49. The van der Waals surface area contributed by atoms with Gasteiger partial charge in [0.1, 0.15) is 0 Å². The maximum atomic E-state index is 11.9. The van der Waals surface area contributed by atoms with E-state index in [1.165, 1.54) is 0 Å². The van der Waals surface area contributed by atoms with Crippen LogP contribution in [0.15, 0.2) is 0 Å². The number of nitrogens with zero attached hydrogens (tertiary/aromatic N) is 1. The van der Waals surface area contributed by atoms with E-state index in [4.69, 9.17) is 4.43 Å². The number of carbonyl (C=O) groups excluding carboxylic acids is 1.